The van der Waals surface area contributed by atoms with Gasteiger partial charge >= 0.3 is 12.1 Å². The Morgan fingerprint density at radius 3 is 2.33 bits per heavy atom. The molecule has 12 heteroatoms. The van der Waals surface area contributed by atoms with E-state index in [1.54, 1.807) is 20.2 Å². The quantitative estimate of drug-likeness (QED) is 0.597. The molecule has 0 aliphatic carbocycles. The highest BCUT2D eigenvalue weighted by Gasteiger charge is 2.33. The maximum Gasteiger partial charge on any atom is 0.416 e. The minimum absolute atomic E-state index is 0.235. The van der Waals surface area contributed by atoms with Gasteiger partial charge in [0.05, 0.1) is 21.9 Å². The minimum Gasteiger partial charge on any atom is -0.477 e. The molecule has 2 aromatic rings. The number of aromatic carboxylic acids is 1. The number of aromatic nitrogens is 2. The van der Waals surface area contributed by atoms with E-state index >= 15 is 0 Å². The molecule has 0 unspecified atom stereocenters. The minimum atomic E-state index is -4.69. The molecule has 0 bridgehead atoms. The monoisotopic (exact) mass is 419 g/mol. The molecule has 0 fully saturated rings. The second-order valence-electron chi connectivity index (χ2n) is 5.37. The lowest BCUT2D eigenvalue weighted by Gasteiger charge is -2.13. The Morgan fingerprint density at radius 2 is 1.93 bits per heavy atom. The van der Waals surface area contributed by atoms with E-state index in [4.69, 9.17) is 28.5 Å². The fraction of sp³-hybridized carbons (Fsp3) is 0.200. The molecule has 0 atom stereocenters. The molecule has 1 aromatic heterocycles. The molecule has 0 amide bonds. The van der Waals surface area contributed by atoms with Crippen LogP contribution in [0.5, 0.6) is 0 Å². The zero-order chi connectivity index (χ0) is 20.5. The Labute approximate surface area is 160 Å². The van der Waals surface area contributed by atoms with Gasteiger partial charge in [0.1, 0.15) is 17.3 Å². The highest BCUT2D eigenvalue weighted by Crippen LogP contribution is 2.39. The van der Waals surface area contributed by atoms with Gasteiger partial charge in [-0.05, 0) is 12.1 Å². The number of alkyl halides is 3. The van der Waals surface area contributed by atoms with Crippen LogP contribution < -0.4 is 0 Å². The summed E-state index contributed by atoms with van der Waals surface area (Å²) in [6, 6.07) is 2.85. The molecule has 0 radical (unpaired) electrons. The van der Waals surface area contributed by atoms with Gasteiger partial charge in [-0.15, -0.1) is 0 Å². The van der Waals surface area contributed by atoms with Gasteiger partial charge in [0.2, 0.25) is 0 Å². The van der Waals surface area contributed by atoms with Crippen molar-refractivity contribution >= 4 is 41.3 Å². The van der Waals surface area contributed by atoms with Gasteiger partial charge in [-0.25, -0.2) is 14.5 Å². The highest BCUT2D eigenvalue weighted by molar-refractivity contribution is 6.38. The third kappa shape index (κ3) is 4.15. The van der Waals surface area contributed by atoms with Crippen LogP contribution in [0.15, 0.2) is 17.1 Å². The maximum atomic E-state index is 12.9. The number of aliphatic imine (C=N–C) groups is 1. The Hall–Kier alpha value is -2.77. The summed E-state index contributed by atoms with van der Waals surface area (Å²) in [6.45, 7) is 0. The number of benzene rings is 1. The lowest BCUT2D eigenvalue weighted by molar-refractivity contribution is -0.137. The molecule has 0 spiro atoms. The average Bonchev–Trinajstić information content (AvgIpc) is 2.89. The van der Waals surface area contributed by atoms with E-state index < -0.39 is 39.0 Å². The Bertz CT molecular complexity index is 954. The molecule has 0 aliphatic rings. The number of carboxylic acid groups (broad SMARTS) is 1. The molecule has 2 rings (SSSR count). The summed E-state index contributed by atoms with van der Waals surface area (Å²) in [5.74, 6) is -1.82. The highest BCUT2D eigenvalue weighted by atomic mass is 35.5. The second kappa shape index (κ2) is 7.46. The van der Waals surface area contributed by atoms with Crippen molar-refractivity contribution in [1.29, 1.82) is 5.26 Å². The van der Waals surface area contributed by atoms with Gasteiger partial charge in [-0.1, -0.05) is 23.2 Å². The van der Waals surface area contributed by atoms with Crippen LogP contribution in [0.4, 0.5) is 19.0 Å². The molecule has 27 heavy (non-hydrogen) atoms. The van der Waals surface area contributed by atoms with Crippen molar-refractivity contribution in [1.82, 2.24) is 14.7 Å². The van der Waals surface area contributed by atoms with Crippen molar-refractivity contribution in [3.8, 4) is 11.8 Å². The number of carbonyl (C=O) groups is 1. The Morgan fingerprint density at radius 1 is 1.37 bits per heavy atom. The maximum absolute atomic E-state index is 12.9. The van der Waals surface area contributed by atoms with E-state index in [0.717, 1.165) is 4.68 Å². The van der Waals surface area contributed by atoms with Crippen LogP contribution >= 0.6 is 23.2 Å². The van der Waals surface area contributed by atoms with Crippen LogP contribution in [0.2, 0.25) is 10.0 Å². The number of hydrogen-bond acceptors (Lipinski definition) is 4. The Kier molecular flexibility index (Phi) is 5.67. The van der Waals surface area contributed by atoms with Crippen molar-refractivity contribution in [2.75, 3.05) is 14.1 Å². The summed E-state index contributed by atoms with van der Waals surface area (Å²) < 4.78 is 39.6. The topological polar surface area (TPSA) is 94.5 Å². The van der Waals surface area contributed by atoms with Crippen LogP contribution in [0, 0.1) is 11.3 Å². The number of nitriles is 1. The first-order valence-electron chi connectivity index (χ1n) is 7.01. The molecular formula is C15H10Cl2F3N5O2. The summed E-state index contributed by atoms with van der Waals surface area (Å²) >= 11 is 11.9. The third-order valence-corrected chi connectivity index (χ3v) is 3.72. The molecule has 1 N–H and O–H groups in total. The van der Waals surface area contributed by atoms with Crippen LogP contribution in [0.1, 0.15) is 21.6 Å². The SMILES string of the molecule is CN(C)/C=N/c1c(C(=O)O)c(C#N)nn1-c1c(Cl)cc(C(F)(F)F)cc1Cl. The normalized spacial score (nSPS) is 11.6. The number of nitrogens with zero attached hydrogens (tertiary/aromatic N) is 5. The molecule has 0 saturated carbocycles. The smallest absolute Gasteiger partial charge is 0.416 e. The van der Waals surface area contributed by atoms with Crippen molar-refractivity contribution < 1.29 is 23.1 Å². The van der Waals surface area contributed by atoms with E-state index in [2.05, 4.69) is 10.1 Å². The number of rotatable bonds is 4. The number of halogens is 5. The van der Waals surface area contributed by atoms with E-state index in [1.807, 2.05) is 0 Å². The van der Waals surface area contributed by atoms with Gasteiger partial charge in [0, 0.05) is 14.1 Å². The van der Waals surface area contributed by atoms with Crippen molar-refractivity contribution in [2.45, 2.75) is 6.18 Å². The predicted octanol–water partition coefficient (Wildman–Crippen LogP) is 3.99. The lowest BCUT2D eigenvalue weighted by atomic mass is 10.2. The first-order chi connectivity index (χ1) is 12.5. The molecule has 0 saturated heterocycles. The zero-order valence-electron chi connectivity index (χ0n) is 13.7. The molecule has 1 aromatic carbocycles. The summed E-state index contributed by atoms with van der Waals surface area (Å²) in [7, 11) is 3.21. The van der Waals surface area contributed by atoms with Crippen molar-refractivity contribution in [2.24, 2.45) is 4.99 Å². The summed E-state index contributed by atoms with van der Waals surface area (Å²) in [4.78, 5) is 17.0. The number of carboxylic acids is 1. The summed E-state index contributed by atoms with van der Waals surface area (Å²) in [5.41, 5.74) is -2.37. The molecule has 1 heterocycles. The summed E-state index contributed by atoms with van der Waals surface area (Å²) in [6.07, 6.45) is -3.46. The first-order valence-corrected chi connectivity index (χ1v) is 7.76. The molecular weight excluding hydrogens is 410 g/mol. The van der Waals surface area contributed by atoms with E-state index in [9.17, 15) is 23.1 Å². The standard InChI is InChI=1S/C15H10Cl2F3N5O2/c1-24(2)6-22-13-11(14(26)27)10(5-21)23-25(13)12-8(16)3-7(4-9(12)17)15(18,19)20/h3-4,6H,1-2H3,(H,26,27)/b22-6+. The zero-order valence-corrected chi connectivity index (χ0v) is 15.2. The molecule has 7 nitrogen and oxygen atoms in total. The third-order valence-electron chi connectivity index (χ3n) is 3.15. The first kappa shape index (κ1) is 20.5. The van der Waals surface area contributed by atoms with Crippen LogP contribution in [-0.4, -0.2) is 46.2 Å². The van der Waals surface area contributed by atoms with Crippen molar-refractivity contribution in [3.63, 3.8) is 0 Å². The van der Waals surface area contributed by atoms with Gasteiger partial charge in [-0.2, -0.15) is 23.5 Å². The van der Waals surface area contributed by atoms with Crippen molar-refractivity contribution in [3.05, 3.63) is 39.0 Å². The number of hydrogen-bond donors (Lipinski definition) is 1. The van der Waals surface area contributed by atoms with Gasteiger partial charge in [-0.3, -0.25) is 0 Å². The van der Waals surface area contributed by atoms with E-state index in [0.29, 0.717) is 12.1 Å². The fourth-order valence-corrected chi connectivity index (χ4v) is 2.71. The Balaban J connectivity index is 2.83. The van der Waals surface area contributed by atoms with E-state index in [-0.39, 0.29) is 11.5 Å². The van der Waals surface area contributed by atoms with Gasteiger partial charge in [0.15, 0.2) is 11.5 Å². The van der Waals surface area contributed by atoms with Crippen LogP contribution in [0.25, 0.3) is 5.69 Å². The second-order valence-corrected chi connectivity index (χ2v) is 6.18. The van der Waals surface area contributed by atoms with E-state index in [1.165, 1.54) is 11.2 Å². The average molecular weight is 420 g/mol. The largest absolute Gasteiger partial charge is 0.477 e. The predicted molar refractivity (Wildman–Crippen MR) is 92.1 cm³/mol. The van der Waals surface area contributed by atoms with Crippen LogP contribution in [0.3, 0.4) is 0 Å². The molecule has 0 aliphatic heterocycles. The fourth-order valence-electron chi connectivity index (χ4n) is 2.06. The summed E-state index contributed by atoms with van der Waals surface area (Å²) in [5, 5.41) is 21.5. The molecule has 142 valence electrons. The van der Waals surface area contributed by atoms with Gasteiger partial charge < -0.3 is 10.0 Å². The van der Waals surface area contributed by atoms with Gasteiger partial charge in [0.25, 0.3) is 0 Å². The van der Waals surface area contributed by atoms with Crippen LogP contribution in [-0.2, 0) is 6.18 Å². The lowest BCUT2D eigenvalue weighted by Crippen LogP contribution is -2.09.